The molecule has 0 aromatic heterocycles. The maximum atomic E-state index is 10.4. The van der Waals surface area contributed by atoms with Crippen LogP contribution >= 0.6 is 7.68 Å². The number of rotatable bonds is 5. The molecular weight excluding hydrogens is 231 g/mol. The fraction of sp³-hybridized carbons (Fsp3) is 0.833. The Labute approximate surface area is 83.9 Å². The molecule has 86 valence electrons. The molecule has 0 aromatic carbocycles. The van der Waals surface area contributed by atoms with Gasteiger partial charge in [0.1, 0.15) is 18.3 Å². The Balaban J connectivity index is 2.59. The van der Waals surface area contributed by atoms with E-state index in [2.05, 4.69) is 4.74 Å². The molecule has 0 amide bonds. The fourth-order valence-corrected chi connectivity index (χ4v) is 1.41. The maximum absolute atomic E-state index is 10.4. The van der Waals surface area contributed by atoms with Crippen LogP contribution in [0.1, 0.15) is 0 Å². The summed E-state index contributed by atoms with van der Waals surface area (Å²) >= 11 is 0. The van der Waals surface area contributed by atoms with Crippen molar-refractivity contribution in [2.75, 3.05) is 0 Å². The molecule has 0 aliphatic carbocycles. The molecule has 0 spiro atoms. The lowest BCUT2D eigenvalue weighted by Crippen LogP contribution is -2.45. The predicted octanol–water partition coefficient (Wildman–Crippen LogP) is -2.51. The topological polar surface area (TPSA) is 145 Å². The number of cyclic esters (lactones) is 1. The second-order valence-electron chi connectivity index (χ2n) is 3.03. The first-order valence-corrected chi connectivity index (χ1v) is 5.17. The second kappa shape index (κ2) is 4.38. The van der Waals surface area contributed by atoms with E-state index in [0.29, 0.717) is 0 Å². The van der Waals surface area contributed by atoms with Crippen molar-refractivity contribution in [1.29, 1.82) is 0 Å². The van der Waals surface area contributed by atoms with Gasteiger partial charge in [-0.25, -0.2) is 13.9 Å². The molecule has 8 nitrogen and oxygen atoms in total. The van der Waals surface area contributed by atoms with E-state index in [1.165, 1.54) is 0 Å². The van der Waals surface area contributed by atoms with Gasteiger partial charge in [-0.1, -0.05) is 0 Å². The monoisotopic (exact) mass is 240 g/mol. The molecule has 1 heterocycles. The summed E-state index contributed by atoms with van der Waals surface area (Å²) in [4.78, 5) is 10.4. The molecule has 0 saturated carbocycles. The number of epoxide rings is 1. The molecule has 1 rings (SSSR count). The number of carbonyl (C=O) groups is 1. The summed E-state index contributed by atoms with van der Waals surface area (Å²) in [5, 5.41) is 36.3. The van der Waals surface area contributed by atoms with Crippen LogP contribution in [0.5, 0.6) is 0 Å². The molecule has 0 bridgehead atoms. The largest absolute Gasteiger partial charge is 0.445 e. The second-order valence-corrected chi connectivity index (χ2v) is 4.13. The SMILES string of the molecule is O=C1OC1C(O)C(O)C(O)C(O)P(=O)=O. The average Bonchev–Trinajstić information content (AvgIpc) is 2.90. The summed E-state index contributed by atoms with van der Waals surface area (Å²) in [5.74, 6) is -2.98. The number of carbonyl (C=O) groups excluding carboxylic acids is 1. The summed E-state index contributed by atoms with van der Waals surface area (Å²) in [6.45, 7) is 0. The number of hydrogen-bond donors (Lipinski definition) is 4. The van der Waals surface area contributed by atoms with Gasteiger partial charge in [0, 0.05) is 0 Å². The molecule has 1 aliphatic rings. The van der Waals surface area contributed by atoms with Crippen molar-refractivity contribution in [3.05, 3.63) is 0 Å². The van der Waals surface area contributed by atoms with E-state index in [-0.39, 0.29) is 0 Å². The first-order valence-electron chi connectivity index (χ1n) is 3.92. The van der Waals surface area contributed by atoms with Gasteiger partial charge >= 0.3 is 13.6 Å². The standard InChI is InChI=1S/C6H9O8P/c7-1(2(8)4-5(10)14-4)3(9)6(11)15(12)13/h1-4,6-9,11H. The molecule has 15 heavy (non-hydrogen) atoms. The molecule has 0 radical (unpaired) electrons. The number of aliphatic hydroxyl groups is 4. The minimum absolute atomic E-state index is 0.769. The predicted molar refractivity (Wildman–Crippen MR) is 42.2 cm³/mol. The zero-order valence-electron chi connectivity index (χ0n) is 7.26. The molecule has 0 aromatic rings. The van der Waals surface area contributed by atoms with Crippen LogP contribution in [0.3, 0.4) is 0 Å². The van der Waals surface area contributed by atoms with Gasteiger partial charge < -0.3 is 25.2 Å². The Kier molecular flexibility index (Phi) is 3.58. The number of aliphatic hydroxyl groups excluding tert-OH is 4. The van der Waals surface area contributed by atoms with Crippen LogP contribution in [-0.2, 0) is 18.7 Å². The van der Waals surface area contributed by atoms with Crippen molar-refractivity contribution in [2.45, 2.75) is 30.3 Å². The Bertz CT molecular complexity index is 317. The van der Waals surface area contributed by atoms with Crippen molar-refractivity contribution < 1.29 is 39.1 Å². The summed E-state index contributed by atoms with van der Waals surface area (Å²) in [6, 6.07) is 0. The Morgan fingerprint density at radius 2 is 1.60 bits per heavy atom. The smallest absolute Gasteiger partial charge is 0.351 e. The molecule has 9 heteroatoms. The molecule has 4 N–H and O–H groups in total. The summed E-state index contributed by atoms with van der Waals surface area (Å²) in [5.41, 5.74) is 0. The lowest BCUT2D eigenvalue weighted by molar-refractivity contribution is -0.117. The number of hydrogen-bond acceptors (Lipinski definition) is 8. The van der Waals surface area contributed by atoms with Gasteiger partial charge in [-0.15, -0.1) is 0 Å². The number of ether oxygens (including phenoxy) is 1. The van der Waals surface area contributed by atoms with Gasteiger partial charge in [0.25, 0.3) is 0 Å². The highest BCUT2D eigenvalue weighted by molar-refractivity contribution is 7.31. The summed E-state index contributed by atoms with van der Waals surface area (Å²) in [7, 11) is -3.36. The lowest BCUT2D eigenvalue weighted by atomic mass is 10.1. The molecule has 5 atom stereocenters. The van der Waals surface area contributed by atoms with Crippen molar-refractivity contribution in [1.82, 2.24) is 0 Å². The van der Waals surface area contributed by atoms with Gasteiger partial charge in [0.2, 0.25) is 6.10 Å². The van der Waals surface area contributed by atoms with E-state index in [4.69, 9.17) is 15.3 Å². The van der Waals surface area contributed by atoms with Crippen LogP contribution in [0, 0.1) is 0 Å². The first kappa shape index (κ1) is 12.3. The van der Waals surface area contributed by atoms with E-state index in [1.54, 1.807) is 0 Å². The van der Waals surface area contributed by atoms with Crippen molar-refractivity contribution in [2.24, 2.45) is 0 Å². The minimum Gasteiger partial charge on any atom is -0.445 e. The maximum Gasteiger partial charge on any atom is 0.351 e. The highest BCUT2D eigenvalue weighted by Gasteiger charge is 2.50. The van der Waals surface area contributed by atoms with Crippen LogP contribution in [-0.4, -0.2) is 56.7 Å². The molecule has 1 fully saturated rings. The van der Waals surface area contributed by atoms with E-state index in [1.807, 2.05) is 0 Å². The zero-order valence-corrected chi connectivity index (χ0v) is 8.15. The first-order chi connectivity index (χ1) is 6.86. The Morgan fingerprint density at radius 3 is 1.93 bits per heavy atom. The quantitative estimate of drug-likeness (QED) is 0.304. The highest BCUT2D eigenvalue weighted by Crippen LogP contribution is 2.24. The third kappa shape index (κ3) is 2.61. The lowest BCUT2D eigenvalue weighted by Gasteiger charge is -2.21. The average molecular weight is 240 g/mol. The zero-order chi connectivity index (χ0) is 11.7. The van der Waals surface area contributed by atoms with Gasteiger partial charge in [0.15, 0.2) is 5.85 Å². The third-order valence-corrected chi connectivity index (χ3v) is 2.69. The van der Waals surface area contributed by atoms with Gasteiger partial charge in [-0.05, 0) is 0 Å². The van der Waals surface area contributed by atoms with E-state index in [0.717, 1.165) is 0 Å². The van der Waals surface area contributed by atoms with E-state index in [9.17, 15) is 19.0 Å². The fourth-order valence-electron chi connectivity index (χ4n) is 0.982. The summed E-state index contributed by atoms with van der Waals surface area (Å²) in [6.07, 6.45) is -7.12. The van der Waals surface area contributed by atoms with Crippen LogP contribution < -0.4 is 0 Å². The highest BCUT2D eigenvalue weighted by atomic mass is 31.1. The van der Waals surface area contributed by atoms with Crippen molar-refractivity contribution in [3.63, 3.8) is 0 Å². The van der Waals surface area contributed by atoms with Gasteiger partial charge in [-0.2, -0.15) is 0 Å². The van der Waals surface area contributed by atoms with Gasteiger partial charge in [-0.3, -0.25) is 0 Å². The van der Waals surface area contributed by atoms with Crippen LogP contribution in [0.4, 0.5) is 0 Å². The molecule has 1 saturated heterocycles. The Morgan fingerprint density at radius 1 is 1.13 bits per heavy atom. The van der Waals surface area contributed by atoms with Crippen LogP contribution in [0.2, 0.25) is 0 Å². The molecular formula is C6H9O8P. The minimum atomic E-state index is -3.36. The van der Waals surface area contributed by atoms with Gasteiger partial charge in [0.05, 0.1) is 0 Å². The van der Waals surface area contributed by atoms with E-state index >= 15 is 0 Å². The Hall–Kier alpha value is -0.790. The molecule has 1 aliphatic heterocycles. The van der Waals surface area contributed by atoms with Crippen LogP contribution in [0.15, 0.2) is 0 Å². The molecule has 5 unspecified atom stereocenters. The van der Waals surface area contributed by atoms with Crippen molar-refractivity contribution in [3.8, 4) is 0 Å². The van der Waals surface area contributed by atoms with Crippen molar-refractivity contribution >= 4 is 13.6 Å². The van der Waals surface area contributed by atoms with Crippen LogP contribution in [0.25, 0.3) is 0 Å². The normalized spacial score (nSPS) is 27.5. The third-order valence-electron chi connectivity index (χ3n) is 1.95. The summed E-state index contributed by atoms with van der Waals surface area (Å²) < 4.78 is 24.7. The van der Waals surface area contributed by atoms with E-state index < -0.39 is 43.9 Å².